The Balaban J connectivity index is 1.93. The summed E-state index contributed by atoms with van der Waals surface area (Å²) in [6, 6.07) is 0. The van der Waals surface area contributed by atoms with Crippen LogP contribution in [0.4, 0.5) is 0 Å². The lowest BCUT2D eigenvalue weighted by Gasteiger charge is -2.21. The molecule has 1 fully saturated rings. The summed E-state index contributed by atoms with van der Waals surface area (Å²) in [6.45, 7) is 6.26. The molecule has 120 valence electrons. The third kappa shape index (κ3) is 5.08. The largest absolute Gasteiger partial charge is 0.376 e. The van der Waals surface area contributed by atoms with Crippen molar-refractivity contribution in [2.75, 3.05) is 6.61 Å². The molecule has 1 aliphatic carbocycles. The molecular weight excluding hydrogens is 266 g/mol. The molecule has 0 bridgehead atoms. The molecule has 1 aromatic rings. The average molecular weight is 295 g/mol. The van der Waals surface area contributed by atoms with E-state index in [1.165, 1.54) is 38.5 Å². The lowest BCUT2D eigenvalue weighted by Crippen LogP contribution is -2.40. The summed E-state index contributed by atoms with van der Waals surface area (Å²) in [4.78, 5) is 4.50. The highest BCUT2D eigenvalue weighted by atomic mass is 16.5. The second-order valence-electron chi connectivity index (χ2n) is 6.85. The summed E-state index contributed by atoms with van der Waals surface area (Å²) in [5.74, 6) is 1.95. The lowest BCUT2D eigenvalue weighted by molar-refractivity contribution is 0.0410. The van der Waals surface area contributed by atoms with Crippen molar-refractivity contribution in [1.82, 2.24) is 10.1 Å². The Morgan fingerprint density at radius 3 is 2.57 bits per heavy atom. The summed E-state index contributed by atoms with van der Waals surface area (Å²) in [7, 11) is 0. The van der Waals surface area contributed by atoms with Crippen molar-refractivity contribution in [3.63, 3.8) is 0 Å². The standard InChI is InChI=1S/C16H29N3O2/c1-12(2)20-11-16(3,17)15-18-14(21-19-15)10-13-8-6-4-5-7-9-13/h12-13H,4-11,17H2,1-3H3. The quantitative estimate of drug-likeness (QED) is 0.816. The van der Waals surface area contributed by atoms with Gasteiger partial charge in [0.2, 0.25) is 5.89 Å². The van der Waals surface area contributed by atoms with Crippen LogP contribution in [0.5, 0.6) is 0 Å². The normalized spacial score (nSPS) is 20.4. The third-order valence-corrected chi connectivity index (χ3v) is 4.13. The Kier molecular flexibility index (Phi) is 5.76. The van der Waals surface area contributed by atoms with Gasteiger partial charge < -0.3 is 15.0 Å². The summed E-state index contributed by atoms with van der Waals surface area (Å²) >= 11 is 0. The molecule has 5 heteroatoms. The maximum Gasteiger partial charge on any atom is 0.226 e. The molecule has 1 saturated carbocycles. The van der Waals surface area contributed by atoms with E-state index in [-0.39, 0.29) is 6.10 Å². The highest BCUT2D eigenvalue weighted by Gasteiger charge is 2.29. The summed E-state index contributed by atoms with van der Waals surface area (Å²) in [5.41, 5.74) is 5.55. The highest BCUT2D eigenvalue weighted by Crippen LogP contribution is 2.26. The number of nitrogens with zero attached hydrogens (tertiary/aromatic N) is 2. The van der Waals surface area contributed by atoms with E-state index in [1.54, 1.807) is 0 Å². The first-order chi connectivity index (χ1) is 9.97. The Bertz CT molecular complexity index is 421. The van der Waals surface area contributed by atoms with Crippen LogP contribution in [0.2, 0.25) is 0 Å². The summed E-state index contributed by atoms with van der Waals surface area (Å²) < 4.78 is 11.0. The minimum absolute atomic E-state index is 0.144. The molecule has 0 aliphatic heterocycles. The molecule has 1 aromatic heterocycles. The maximum atomic E-state index is 6.25. The average Bonchev–Trinajstić information content (AvgIpc) is 2.75. The van der Waals surface area contributed by atoms with E-state index in [0.29, 0.717) is 18.3 Å². The molecule has 1 unspecified atom stereocenters. The van der Waals surface area contributed by atoms with Crippen molar-refractivity contribution in [3.8, 4) is 0 Å². The first kappa shape index (κ1) is 16.4. The predicted octanol–water partition coefficient (Wildman–Crippen LogP) is 3.18. The number of nitrogens with two attached hydrogens (primary N) is 1. The Morgan fingerprint density at radius 2 is 1.95 bits per heavy atom. The number of hydrogen-bond acceptors (Lipinski definition) is 5. The van der Waals surface area contributed by atoms with Crippen LogP contribution in [-0.2, 0) is 16.7 Å². The van der Waals surface area contributed by atoms with Crippen LogP contribution < -0.4 is 5.73 Å². The van der Waals surface area contributed by atoms with Crippen LogP contribution in [0.1, 0.15) is 71.0 Å². The van der Waals surface area contributed by atoms with Crippen LogP contribution in [0.3, 0.4) is 0 Å². The predicted molar refractivity (Wildman–Crippen MR) is 81.8 cm³/mol. The zero-order valence-corrected chi connectivity index (χ0v) is 13.6. The molecule has 0 aromatic carbocycles. The smallest absolute Gasteiger partial charge is 0.226 e. The van der Waals surface area contributed by atoms with Gasteiger partial charge in [-0.2, -0.15) is 4.98 Å². The molecule has 2 N–H and O–H groups in total. The summed E-state index contributed by atoms with van der Waals surface area (Å²) in [6.07, 6.45) is 8.93. The van der Waals surface area contributed by atoms with Crippen LogP contribution in [0.25, 0.3) is 0 Å². The molecule has 2 rings (SSSR count). The Hall–Kier alpha value is -0.940. The van der Waals surface area contributed by atoms with Crippen molar-refractivity contribution in [2.24, 2.45) is 11.7 Å². The molecule has 1 aliphatic rings. The molecule has 1 heterocycles. The van der Waals surface area contributed by atoms with E-state index < -0.39 is 5.54 Å². The molecular formula is C16H29N3O2. The molecule has 0 radical (unpaired) electrons. The molecule has 5 nitrogen and oxygen atoms in total. The van der Waals surface area contributed by atoms with Gasteiger partial charge in [-0.05, 0) is 39.5 Å². The van der Waals surface area contributed by atoms with Gasteiger partial charge >= 0.3 is 0 Å². The SMILES string of the molecule is CC(C)OCC(C)(N)c1noc(CC2CCCCCC2)n1. The number of hydrogen-bond donors (Lipinski definition) is 1. The fourth-order valence-corrected chi connectivity index (χ4v) is 2.79. The van der Waals surface area contributed by atoms with Crippen LogP contribution in [-0.4, -0.2) is 22.9 Å². The van der Waals surface area contributed by atoms with E-state index in [4.69, 9.17) is 15.0 Å². The maximum absolute atomic E-state index is 6.25. The van der Waals surface area contributed by atoms with E-state index in [9.17, 15) is 0 Å². The zero-order valence-electron chi connectivity index (χ0n) is 13.6. The zero-order chi connectivity index (χ0) is 15.3. The van der Waals surface area contributed by atoms with Crippen LogP contribution >= 0.6 is 0 Å². The van der Waals surface area contributed by atoms with Gasteiger partial charge in [0, 0.05) is 6.42 Å². The molecule has 0 spiro atoms. The van der Waals surface area contributed by atoms with Gasteiger partial charge in [-0.25, -0.2) is 0 Å². The first-order valence-corrected chi connectivity index (χ1v) is 8.21. The van der Waals surface area contributed by atoms with Gasteiger partial charge in [-0.1, -0.05) is 30.8 Å². The number of aromatic nitrogens is 2. The summed E-state index contributed by atoms with van der Waals surface area (Å²) in [5, 5.41) is 4.06. The van der Waals surface area contributed by atoms with Gasteiger partial charge in [0.1, 0.15) is 5.54 Å². The molecule has 0 saturated heterocycles. The van der Waals surface area contributed by atoms with Crippen molar-refractivity contribution < 1.29 is 9.26 Å². The van der Waals surface area contributed by atoms with E-state index in [1.807, 2.05) is 20.8 Å². The van der Waals surface area contributed by atoms with Gasteiger partial charge in [-0.3, -0.25) is 0 Å². The van der Waals surface area contributed by atoms with Gasteiger partial charge in [-0.15, -0.1) is 0 Å². The minimum Gasteiger partial charge on any atom is -0.376 e. The molecule has 1 atom stereocenters. The van der Waals surface area contributed by atoms with Crippen molar-refractivity contribution in [2.45, 2.75) is 77.4 Å². The van der Waals surface area contributed by atoms with Crippen molar-refractivity contribution in [1.29, 1.82) is 0 Å². The van der Waals surface area contributed by atoms with Crippen molar-refractivity contribution in [3.05, 3.63) is 11.7 Å². The van der Waals surface area contributed by atoms with Crippen LogP contribution in [0.15, 0.2) is 4.52 Å². The molecule has 21 heavy (non-hydrogen) atoms. The second-order valence-corrected chi connectivity index (χ2v) is 6.85. The number of ether oxygens (including phenoxy) is 1. The van der Waals surface area contributed by atoms with E-state index >= 15 is 0 Å². The monoisotopic (exact) mass is 295 g/mol. The Labute approximate surface area is 127 Å². The first-order valence-electron chi connectivity index (χ1n) is 8.21. The van der Waals surface area contributed by atoms with E-state index in [0.717, 1.165) is 12.3 Å². The highest BCUT2D eigenvalue weighted by molar-refractivity contribution is 5.02. The lowest BCUT2D eigenvalue weighted by atomic mass is 9.96. The van der Waals surface area contributed by atoms with Crippen molar-refractivity contribution >= 4 is 0 Å². The fourth-order valence-electron chi connectivity index (χ4n) is 2.79. The number of rotatable bonds is 6. The second kappa shape index (κ2) is 7.36. The van der Waals surface area contributed by atoms with Gasteiger partial charge in [0.15, 0.2) is 5.82 Å². The van der Waals surface area contributed by atoms with Gasteiger partial charge in [0.05, 0.1) is 12.7 Å². The van der Waals surface area contributed by atoms with Crippen LogP contribution in [0, 0.1) is 5.92 Å². The third-order valence-electron chi connectivity index (χ3n) is 4.13. The minimum atomic E-state index is -0.699. The van der Waals surface area contributed by atoms with Gasteiger partial charge in [0.25, 0.3) is 0 Å². The van der Waals surface area contributed by atoms with E-state index in [2.05, 4.69) is 10.1 Å². The fraction of sp³-hybridized carbons (Fsp3) is 0.875. The molecule has 0 amide bonds. The topological polar surface area (TPSA) is 74.2 Å². The Morgan fingerprint density at radius 1 is 1.29 bits per heavy atom.